The molecule has 0 N–H and O–H groups in total. The maximum Gasteiger partial charge on any atom is 0.191 e. The van der Waals surface area contributed by atoms with Gasteiger partial charge in [0, 0.05) is 18.4 Å². The largest absolute Gasteiger partial charge is 0.312 e. The highest BCUT2D eigenvalue weighted by molar-refractivity contribution is 9.10. The maximum absolute atomic E-state index is 13.6. The van der Waals surface area contributed by atoms with Crippen LogP contribution in [0.1, 0.15) is 5.56 Å². The fraction of sp³-hybridized carbons (Fsp3) is 0.200. The molecule has 0 aliphatic heterocycles. The van der Waals surface area contributed by atoms with E-state index in [2.05, 4.69) is 26.1 Å². The van der Waals surface area contributed by atoms with Crippen LogP contribution in [0.25, 0.3) is 0 Å². The third-order valence-electron chi connectivity index (χ3n) is 2.15. The van der Waals surface area contributed by atoms with Gasteiger partial charge in [-0.2, -0.15) is 0 Å². The monoisotopic (exact) mass is 319 g/mol. The van der Waals surface area contributed by atoms with Crippen molar-refractivity contribution in [3.63, 3.8) is 0 Å². The number of nitrogens with zero attached hydrogens (tertiary/aromatic N) is 3. The van der Waals surface area contributed by atoms with Crippen LogP contribution in [0, 0.1) is 11.6 Å². The van der Waals surface area contributed by atoms with E-state index in [-0.39, 0.29) is 15.8 Å². The Morgan fingerprint density at radius 1 is 1.41 bits per heavy atom. The average molecular weight is 320 g/mol. The van der Waals surface area contributed by atoms with Gasteiger partial charge in [0.1, 0.15) is 18.0 Å². The number of hydrogen-bond acceptors (Lipinski definition) is 3. The lowest BCUT2D eigenvalue weighted by Gasteiger charge is -2.05. The highest BCUT2D eigenvalue weighted by atomic mass is 79.9. The molecule has 0 radical (unpaired) electrons. The number of thioether (sulfide) groups is 1. The molecule has 3 nitrogen and oxygen atoms in total. The first-order valence-electron chi connectivity index (χ1n) is 4.68. The third kappa shape index (κ3) is 2.66. The first-order valence-corrected chi connectivity index (χ1v) is 6.46. The molecule has 0 saturated carbocycles. The van der Waals surface area contributed by atoms with E-state index in [1.54, 1.807) is 11.6 Å². The van der Waals surface area contributed by atoms with E-state index in [9.17, 15) is 8.78 Å². The number of rotatable bonds is 3. The van der Waals surface area contributed by atoms with Gasteiger partial charge in [-0.15, -0.1) is 10.2 Å². The maximum atomic E-state index is 13.6. The predicted molar refractivity (Wildman–Crippen MR) is 64.6 cm³/mol. The molecule has 0 aliphatic carbocycles. The van der Waals surface area contributed by atoms with Crippen LogP contribution in [0.3, 0.4) is 0 Å². The summed E-state index contributed by atoms with van der Waals surface area (Å²) in [5.74, 6) is -0.955. The van der Waals surface area contributed by atoms with Gasteiger partial charge in [0.15, 0.2) is 5.16 Å². The van der Waals surface area contributed by atoms with Gasteiger partial charge in [-0.1, -0.05) is 11.8 Å². The summed E-state index contributed by atoms with van der Waals surface area (Å²) in [4.78, 5) is 0. The Kier molecular flexibility index (Phi) is 3.78. The molecule has 0 bridgehead atoms. The summed E-state index contributed by atoms with van der Waals surface area (Å²) in [6.07, 6.45) is 1.54. The van der Waals surface area contributed by atoms with E-state index < -0.39 is 11.6 Å². The molecular weight excluding hydrogens is 312 g/mol. The summed E-state index contributed by atoms with van der Waals surface area (Å²) in [6.45, 7) is 0. The highest BCUT2D eigenvalue weighted by Crippen LogP contribution is 2.27. The van der Waals surface area contributed by atoms with Gasteiger partial charge in [0.2, 0.25) is 0 Å². The molecule has 0 aliphatic rings. The summed E-state index contributed by atoms with van der Waals surface area (Å²) in [5, 5.41) is 8.14. The van der Waals surface area contributed by atoms with Crippen molar-refractivity contribution in [3.05, 3.63) is 40.1 Å². The van der Waals surface area contributed by atoms with E-state index in [0.717, 1.165) is 0 Å². The Bertz CT molecular complexity index is 544. The van der Waals surface area contributed by atoms with Crippen LogP contribution in [0.2, 0.25) is 0 Å². The molecule has 0 unspecified atom stereocenters. The van der Waals surface area contributed by atoms with Crippen molar-refractivity contribution in [3.8, 4) is 0 Å². The minimum absolute atomic E-state index is 0.0346. The molecule has 0 saturated heterocycles. The topological polar surface area (TPSA) is 30.7 Å². The van der Waals surface area contributed by atoms with Crippen LogP contribution >= 0.6 is 27.7 Å². The van der Waals surface area contributed by atoms with Gasteiger partial charge in [0.05, 0.1) is 4.47 Å². The zero-order chi connectivity index (χ0) is 12.4. The molecule has 2 rings (SSSR count). The predicted octanol–water partition coefficient (Wildman–Crippen LogP) is 3.15. The fourth-order valence-corrected chi connectivity index (χ4v) is 2.51. The fourth-order valence-electron chi connectivity index (χ4n) is 1.24. The second kappa shape index (κ2) is 5.14. The molecule has 0 fully saturated rings. The number of aryl methyl sites for hydroxylation is 1. The van der Waals surface area contributed by atoms with Crippen molar-refractivity contribution < 1.29 is 8.78 Å². The molecule has 0 amide bonds. The standard InChI is InChI=1S/C10H8BrF2N3S/c1-16-5-14-15-10(16)17-4-6-8(12)3-2-7(11)9(6)13/h2-3,5H,4H2,1H3. The van der Waals surface area contributed by atoms with Crippen LogP contribution < -0.4 is 0 Å². The Morgan fingerprint density at radius 2 is 2.18 bits per heavy atom. The number of benzene rings is 1. The minimum Gasteiger partial charge on any atom is -0.312 e. The zero-order valence-electron chi connectivity index (χ0n) is 8.82. The van der Waals surface area contributed by atoms with Crippen molar-refractivity contribution in [2.45, 2.75) is 10.9 Å². The Balaban J connectivity index is 2.20. The Hall–Kier alpha value is -0.950. The van der Waals surface area contributed by atoms with Gasteiger partial charge < -0.3 is 4.57 Å². The third-order valence-corrected chi connectivity index (χ3v) is 3.83. The van der Waals surface area contributed by atoms with Crippen molar-refractivity contribution in [2.75, 3.05) is 0 Å². The van der Waals surface area contributed by atoms with E-state index in [0.29, 0.717) is 5.16 Å². The van der Waals surface area contributed by atoms with Crippen molar-refractivity contribution >= 4 is 27.7 Å². The van der Waals surface area contributed by atoms with Crippen LogP contribution in [-0.2, 0) is 12.8 Å². The van der Waals surface area contributed by atoms with Gasteiger partial charge >= 0.3 is 0 Å². The zero-order valence-corrected chi connectivity index (χ0v) is 11.2. The molecule has 0 atom stereocenters. The summed E-state index contributed by atoms with van der Waals surface area (Å²) in [7, 11) is 1.77. The molecule has 2 aromatic rings. The first-order chi connectivity index (χ1) is 8.09. The van der Waals surface area contributed by atoms with Gasteiger partial charge in [-0.3, -0.25) is 0 Å². The molecule has 1 heterocycles. The summed E-state index contributed by atoms with van der Waals surface area (Å²) >= 11 is 4.26. The van der Waals surface area contributed by atoms with Crippen LogP contribution in [0.5, 0.6) is 0 Å². The molecule has 0 spiro atoms. The molecule has 17 heavy (non-hydrogen) atoms. The average Bonchev–Trinajstić information content (AvgIpc) is 2.70. The van der Waals surface area contributed by atoms with E-state index in [4.69, 9.17) is 0 Å². The smallest absolute Gasteiger partial charge is 0.191 e. The highest BCUT2D eigenvalue weighted by Gasteiger charge is 2.13. The summed E-state index contributed by atoms with van der Waals surface area (Å²) in [6, 6.07) is 2.58. The van der Waals surface area contributed by atoms with Gasteiger partial charge in [0.25, 0.3) is 0 Å². The second-order valence-corrected chi connectivity index (χ2v) is 5.13. The van der Waals surface area contributed by atoms with Crippen LogP contribution in [0.15, 0.2) is 28.1 Å². The van der Waals surface area contributed by atoms with Crippen LogP contribution in [0.4, 0.5) is 8.78 Å². The van der Waals surface area contributed by atoms with Crippen molar-refractivity contribution in [1.29, 1.82) is 0 Å². The summed E-state index contributed by atoms with van der Waals surface area (Å²) < 4.78 is 29.0. The molecule has 7 heteroatoms. The van der Waals surface area contributed by atoms with Crippen molar-refractivity contribution in [2.24, 2.45) is 7.05 Å². The molecule has 1 aromatic carbocycles. The number of halogens is 3. The lowest BCUT2D eigenvalue weighted by molar-refractivity contribution is 0.562. The lowest BCUT2D eigenvalue weighted by Crippen LogP contribution is -1.96. The van der Waals surface area contributed by atoms with E-state index in [1.165, 1.54) is 30.2 Å². The normalized spacial score (nSPS) is 10.8. The van der Waals surface area contributed by atoms with E-state index >= 15 is 0 Å². The Morgan fingerprint density at radius 3 is 2.82 bits per heavy atom. The molecular formula is C10H8BrF2N3S. The molecule has 90 valence electrons. The first kappa shape index (κ1) is 12.5. The molecule has 1 aromatic heterocycles. The van der Waals surface area contributed by atoms with Gasteiger partial charge in [-0.05, 0) is 28.1 Å². The SMILES string of the molecule is Cn1cnnc1SCc1c(F)ccc(Br)c1F. The lowest BCUT2D eigenvalue weighted by atomic mass is 10.2. The van der Waals surface area contributed by atoms with E-state index in [1.807, 2.05) is 0 Å². The van der Waals surface area contributed by atoms with Crippen LogP contribution in [-0.4, -0.2) is 14.8 Å². The van der Waals surface area contributed by atoms with Crippen molar-refractivity contribution in [1.82, 2.24) is 14.8 Å². The second-order valence-electron chi connectivity index (χ2n) is 3.33. The number of aromatic nitrogens is 3. The Labute approximate surface area is 109 Å². The number of hydrogen-bond donors (Lipinski definition) is 0. The van der Waals surface area contributed by atoms with Gasteiger partial charge in [-0.25, -0.2) is 8.78 Å². The summed E-state index contributed by atoms with van der Waals surface area (Å²) in [5.41, 5.74) is 0.0346. The minimum atomic E-state index is -0.570. The quantitative estimate of drug-likeness (QED) is 0.643.